The molecule has 0 bridgehead atoms. The van der Waals surface area contributed by atoms with Gasteiger partial charge < -0.3 is 23.6 Å². The fraction of sp³-hybridized carbons (Fsp3) is 0.280. The van der Waals surface area contributed by atoms with Crippen molar-refractivity contribution in [2.45, 2.75) is 25.7 Å². The molecule has 0 radical (unpaired) electrons. The van der Waals surface area contributed by atoms with E-state index in [1.165, 1.54) is 0 Å². The second-order valence-electron chi connectivity index (χ2n) is 8.57. The number of H-pyrrole nitrogens is 1. The van der Waals surface area contributed by atoms with E-state index in [1.54, 1.807) is 35.5 Å². The number of nitrogens with zero attached hydrogens (tertiary/aromatic N) is 5. The van der Waals surface area contributed by atoms with Crippen LogP contribution in [0.1, 0.15) is 28.1 Å². The Kier molecular flexibility index (Phi) is 6.43. The summed E-state index contributed by atoms with van der Waals surface area (Å²) in [4.78, 5) is 19.9. The maximum Gasteiger partial charge on any atom is 0.253 e. The van der Waals surface area contributed by atoms with Crippen molar-refractivity contribution in [3.8, 4) is 11.5 Å². The van der Waals surface area contributed by atoms with E-state index in [0.29, 0.717) is 54.6 Å². The van der Waals surface area contributed by atoms with Gasteiger partial charge in [0.15, 0.2) is 17.3 Å². The number of methoxy groups -OCH3 is 1. The van der Waals surface area contributed by atoms with Crippen molar-refractivity contribution in [3.05, 3.63) is 86.5 Å². The van der Waals surface area contributed by atoms with E-state index in [9.17, 15) is 4.79 Å². The van der Waals surface area contributed by atoms with Crippen LogP contribution in [0.4, 0.5) is 0 Å². The highest BCUT2D eigenvalue weighted by atomic mass is 32.1. The van der Waals surface area contributed by atoms with Crippen molar-refractivity contribution in [2.75, 3.05) is 20.5 Å². The summed E-state index contributed by atoms with van der Waals surface area (Å²) in [5, 5.41) is 15.4. The van der Waals surface area contributed by atoms with Crippen LogP contribution in [-0.4, -0.2) is 50.6 Å². The number of aromatic nitrogens is 5. The number of aromatic amines is 1. The first-order valence-electron chi connectivity index (χ1n) is 11.7. The van der Waals surface area contributed by atoms with Crippen LogP contribution < -0.4 is 15.0 Å². The minimum absolute atomic E-state index is 0.150. The molecule has 0 spiro atoms. The van der Waals surface area contributed by atoms with Crippen molar-refractivity contribution in [2.24, 2.45) is 0 Å². The highest BCUT2D eigenvalue weighted by molar-refractivity contribution is 7.09. The highest BCUT2D eigenvalue weighted by Gasteiger charge is 2.32. The fourth-order valence-electron chi connectivity index (χ4n) is 4.50. The normalized spacial score (nSPS) is 13.6. The van der Waals surface area contributed by atoms with E-state index in [-0.39, 0.29) is 12.4 Å². The lowest BCUT2D eigenvalue weighted by molar-refractivity contribution is 0.164. The summed E-state index contributed by atoms with van der Waals surface area (Å²) in [6.45, 7) is 2.00. The molecule has 0 fully saturated rings. The first-order valence-corrected chi connectivity index (χ1v) is 12.6. The van der Waals surface area contributed by atoms with Crippen molar-refractivity contribution in [3.63, 3.8) is 0 Å². The molecular weight excluding hydrogens is 496 g/mol. The van der Waals surface area contributed by atoms with Crippen LogP contribution in [0.3, 0.4) is 0 Å². The molecule has 0 amide bonds. The van der Waals surface area contributed by atoms with Crippen molar-refractivity contribution >= 4 is 22.2 Å². The Hall–Kier alpha value is -4.00. The Morgan fingerprint density at radius 1 is 1.19 bits per heavy atom. The van der Waals surface area contributed by atoms with E-state index in [0.717, 1.165) is 16.0 Å². The molecule has 5 heterocycles. The summed E-state index contributed by atoms with van der Waals surface area (Å²) in [5.41, 5.74) is 0.919. The molecule has 11 nitrogen and oxygen atoms in total. The molecular formula is C25H24N6O5S. The third-order valence-electron chi connectivity index (χ3n) is 6.22. The number of ether oxygens (including phenoxy) is 3. The van der Waals surface area contributed by atoms with Crippen LogP contribution in [0.15, 0.2) is 63.3 Å². The number of pyridine rings is 1. The van der Waals surface area contributed by atoms with E-state index in [2.05, 4.69) is 31.5 Å². The van der Waals surface area contributed by atoms with Crippen LogP contribution >= 0.6 is 11.3 Å². The first-order chi connectivity index (χ1) is 18.2. The molecule has 4 aromatic heterocycles. The zero-order chi connectivity index (χ0) is 25.2. The third kappa shape index (κ3) is 4.73. The zero-order valence-electron chi connectivity index (χ0n) is 20.0. The van der Waals surface area contributed by atoms with Gasteiger partial charge in [0.05, 0.1) is 31.5 Å². The molecule has 1 N–H and O–H groups in total. The van der Waals surface area contributed by atoms with Crippen molar-refractivity contribution in [1.29, 1.82) is 0 Å². The molecule has 1 atom stereocenters. The van der Waals surface area contributed by atoms with Crippen LogP contribution in [0.5, 0.6) is 11.5 Å². The standard InChI is InChI=1S/C25H24N6O5S/c1-33-8-6-31-24(27-28-29-31)23(30(13-17-4-2-7-34-17)14-18-5-3-9-37-18)19-10-16-11-21-22(36-15-35-21)12-20(16)26-25(19)32/h2-5,7,9-12,23H,6,8,13-15H2,1H3,(H,26,32)/t23-/m1/s1. The molecule has 0 saturated heterocycles. The molecule has 6 rings (SSSR count). The third-order valence-corrected chi connectivity index (χ3v) is 7.08. The van der Waals surface area contributed by atoms with Gasteiger partial charge in [-0.15, -0.1) is 16.4 Å². The summed E-state index contributed by atoms with van der Waals surface area (Å²) in [6.07, 6.45) is 1.64. The summed E-state index contributed by atoms with van der Waals surface area (Å²) >= 11 is 1.64. The Labute approximate surface area is 215 Å². The molecule has 1 aliphatic heterocycles. The van der Waals surface area contributed by atoms with E-state index >= 15 is 0 Å². The van der Waals surface area contributed by atoms with Crippen LogP contribution in [-0.2, 0) is 24.4 Å². The SMILES string of the molecule is COCCn1nnnc1[C@@H](c1cc2cc3c(cc2[nH]c1=O)OCO3)N(Cc1ccco1)Cc1cccs1. The van der Waals surface area contributed by atoms with Gasteiger partial charge in [-0.2, -0.15) is 0 Å². The Morgan fingerprint density at radius 3 is 2.86 bits per heavy atom. The smallest absolute Gasteiger partial charge is 0.253 e. The lowest BCUT2D eigenvalue weighted by Crippen LogP contribution is -2.34. The fourth-order valence-corrected chi connectivity index (χ4v) is 5.23. The van der Waals surface area contributed by atoms with Gasteiger partial charge in [0.25, 0.3) is 5.56 Å². The topological polar surface area (TPSA) is 121 Å². The minimum atomic E-state index is -0.586. The summed E-state index contributed by atoms with van der Waals surface area (Å²) in [7, 11) is 1.62. The van der Waals surface area contributed by atoms with Gasteiger partial charge in [-0.1, -0.05) is 6.07 Å². The van der Waals surface area contributed by atoms with Gasteiger partial charge in [-0.25, -0.2) is 4.68 Å². The lowest BCUT2D eigenvalue weighted by Gasteiger charge is -2.30. The van der Waals surface area contributed by atoms with E-state index in [1.807, 2.05) is 35.7 Å². The number of hydrogen-bond acceptors (Lipinski definition) is 10. The summed E-state index contributed by atoms with van der Waals surface area (Å²) < 4.78 is 23.7. The molecule has 37 heavy (non-hydrogen) atoms. The van der Waals surface area contributed by atoms with Crippen LogP contribution in [0, 0.1) is 0 Å². The molecule has 1 aromatic carbocycles. The second-order valence-corrected chi connectivity index (χ2v) is 9.60. The van der Waals surface area contributed by atoms with Crippen LogP contribution in [0.2, 0.25) is 0 Å². The second kappa shape index (κ2) is 10.2. The summed E-state index contributed by atoms with van der Waals surface area (Å²) in [6, 6.07) is 12.8. The number of nitrogens with one attached hydrogen (secondary N) is 1. The largest absolute Gasteiger partial charge is 0.468 e. The number of thiophene rings is 1. The number of furan rings is 1. The summed E-state index contributed by atoms with van der Waals surface area (Å²) in [5.74, 6) is 2.54. The van der Waals surface area contributed by atoms with Crippen molar-refractivity contribution in [1.82, 2.24) is 30.1 Å². The van der Waals surface area contributed by atoms with E-state index < -0.39 is 6.04 Å². The van der Waals surface area contributed by atoms with Gasteiger partial charge in [0, 0.05) is 35.5 Å². The van der Waals surface area contributed by atoms with Gasteiger partial charge in [0.2, 0.25) is 6.79 Å². The average Bonchev–Trinajstić information content (AvgIpc) is 3.71. The Bertz CT molecular complexity index is 1510. The van der Waals surface area contributed by atoms with E-state index in [4.69, 9.17) is 18.6 Å². The number of benzene rings is 1. The maximum absolute atomic E-state index is 13.6. The molecule has 0 saturated carbocycles. The quantitative estimate of drug-likeness (QED) is 0.296. The molecule has 1 aliphatic rings. The molecule has 190 valence electrons. The highest BCUT2D eigenvalue weighted by Crippen LogP contribution is 2.37. The van der Waals surface area contributed by atoms with Gasteiger partial charge >= 0.3 is 0 Å². The number of rotatable bonds is 10. The predicted molar refractivity (Wildman–Crippen MR) is 135 cm³/mol. The predicted octanol–water partition coefficient (Wildman–Crippen LogP) is 3.34. The van der Waals surface area contributed by atoms with Crippen molar-refractivity contribution < 1.29 is 18.6 Å². The first kappa shape index (κ1) is 23.4. The number of hydrogen-bond donors (Lipinski definition) is 1. The van der Waals surface area contributed by atoms with Gasteiger partial charge in [0.1, 0.15) is 11.8 Å². The zero-order valence-corrected chi connectivity index (χ0v) is 20.8. The van der Waals surface area contributed by atoms with Gasteiger partial charge in [-0.05, 0) is 46.1 Å². The molecule has 12 heteroatoms. The number of fused-ring (bicyclic) bond motifs is 2. The number of tetrazole rings is 1. The van der Waals surface area contributed by atoms with Crippen LogP contribution in [0.25, 0.3) is 10.9 Å². The molecule has 5 aromatic rings. The Balaban J connectivity index is 1.51. The molecule has 0 unspecified atom stereocenters. The monoisotopic (exact) mass is 520 g/mol. The average molecular weight is 521 g/mol. The lowest BCUT2D eigenvalue weighted by atomic mass is 10.0. The Morgan fingerprint density at radius 2 is 2.08 bits per heavy atom. The van der Waals surface area contributed by atoms with Gasteiger partial charge in [-0.3, -0.25) is 9.69 Å². The maximum atomic E-state index is 13.6. The molecule has 0 aliphatic carbocycles. The minimum Gasteiger partial charge on any atom is -0.468 e.